The lowest BCUT2D eigenvalue weighted by atomic mass is 10.2. The molecule has 0 heterocycles. The van der Waals surface area contributed by atoms with Gasteiger partial charge in [0.15, 0.2) is 11.5 Å². The maximum atomic E-state index is 12.2. The van der Waals surface area contributed by atoms with Crippen molar-refractivity contribution in [3.05, 3.63) is 23.8 Å². The normalized spacial score (nSPS) is 11.6. The number of rotatable bonds is 5. The molecule has 0 bridgehead atoms. The van der Waals surface area contributed by atoms with E-state index in [2.05, 4.69) is 15.3 Å². The number of carbonyl (C=O) groups excluding carboxylic acids is 1. The standard InChI is InChI=1S/C14H18F2N2O4/c1-14(2,3)22-13(19)18-17-8-9-5-6-10(21-12(15)16)11(7-9)20-4/h5-8,12H,1-4H3,(H,18,19). The fourth-order valence-electron chi connectivity index (χ4n) is 1.42. The van der Waals surface area contributed by atoms with Crippen molar-refractivity contribution in [2.75, 3.05) is 7.11 Å². The van der Waals surface area contributed by atoms with Crippen molar-refractivity contribution in [2.24, 2.45) is 5.10 Å². The molecule has 0 aromatic heterocycles. The monoisotopic (exact) mass is 316 g/mol. The van der Waals surface area contributed by atoms with Gasteiger partial charge in [0, 0.05) is 0 Å². The lowest BCUT2D eigenvalue weighted by molar-refractivity contribution is -0.0512. The molecule has 0 unspecified atom stereocenters. The number of hydrogen-bond donors (Lipinski definition) is 1. The summed E-state index contributed by atoms with van der Waals surface area (Å²) in [5.74, 6) is 0.0382. The Morgan fingerprint density at radius 1 is 1.32 bits per heavy atom. The number of ether oxygens (including phenoxy) is 3. The van der Waals surface area contributed by atoms with E-state index < -0.39 is 18.3 Å². The minimum atomic E-state index is -2.94. The molecule has 0 fully saturated rings. The van der Waals surface area contributed by atoms with Crippen LogP contribution in [0.2, 0.25) is 0 Å². The van der Waals surface area contributed by atoms with E-state index in [4.69, 9.17) is 9.47 Å². The van der Waals surface area contributed by atoms with Crippen LogP contribution in [0, 0.1) is 0 Å². The van der Waals surface area contributed by atoms with Gasteiger partial charge in [-0.3, -0.25) is 0 Å². The summed E-state index contributed by atoms with van der Waals surface area (Å²) in [6, 6.07) is 4.25. The summed E-state index contributed by atoms with van der Waals surface area (Å²) < 4.78 is 38.6. The molecular weight excluding hydrogens is 298 g/mol. The highest BCUT2D eigenvalue weighted by Crippen LogP contribution is 2.28. The molecule has 0 radical (unpaired) electrons. The summed E-state index contributed by atoms with van der Waals surface area (Å²) in [5.41, 5.74) is 2.08. The van der Waals surface area contributed by atoms with Gasteiger partial charge in [-0.15, -0.1) is 0 Å². The molecule has 1 amide bonds. The molecule has 0 saturated carbocycles. The van der Waals surface area contributed by atoms with Crippen LogP contribution >= 0.6 is 0 Å². The molecule has 1 N–H and O–H groups in total. The first-order chi connectivity index (χ1) is 10.2. The molecule has 0 aliphatic rings. The predicted molar refractivity (Wildman–Crippen MR) is 76.6 cm³/mol. The molecule has 0 aliphatic carbocycles. The van der Waals surface area contributed by atoms with Crippen LogP contribution < -0.4 is 14.9 Å². The number of benzene rings is 1. The zero-order valence-electron chi connectivity index (χ0n) is 12.7. The van der Waals surface area contributed by atoms with Crippen LogP contribution in [0.5, 0.6) is 11.5 Å². The molecule has 1 aromatic rings. The minimum Gasteiger partial charge on any atom is -0.493 e. The van der Waals surface area contributed by atoms with E-state index in [0.29, 0.717) is 5.56 Å². The topological polar surface area (TPSA) is 69.2 Å². The van der Waals surface area contributed by atoms with E-state index in [-0.39, 0.29) is 11.5 Å². The van der Waals surface area contributed by atoms with Crippen molar-refractivity contribution < 1.29 is 27.8 Å². The zero-order chi connectivity index (χ0) is 16.8. The number of nitrogens with zero attached hydrogens (tertiary/aromatic N) is 1. The van der Waals surface area contributed by atoms with Gasteiger partial charge in [-0.25, -0.2) is 10.2 Å². The van der Waals surface area contributed by atoms with Gasteiger partial charge in [0.2, 0.25) is 0 Å². The van der Waals surface area contributed by atoms with E-state index in [1.807, 2.05) is 0 Å². The summed E-state index contributed by atoms with van der Waals surface area (Å²) >= 11 is 0. The molecule has 0 aliphatic heterocycles. The third kappa shape index (κ3) is 6.38. The van der Waals surface area contributed by atoms with Crippen LogP contribution in [-0.2, 0) is 4.74 Å². The largest absolute Gasteiger partial charge is 0.493 e. The number of hydrogen-bond acceptors (Lipinski definition) is 5. The minimum absolute atomic E-state index is 0.0882. The van der Waals surface area contributed by atoms with E-state index >= 15 is 0 Å². The van der Waals surface area contributed by atoms with Crippen molar-refractivity contribution >= 4 is 12.3 Å². The highest BCUT2D eigenvalue weighted by Gasteiger charge is 2.15. The Morgan fingerprint density at radius 3 is 2.55 bits per heavy atom. The molecule has 8 heteroatoms. The van der Waals surface area contributed by atoms with Crippen LogP contribution in [0.3, 0.4) is 0 Å². The van der Waals surface area contributed by atoms with Crippen molar-refractivity contribution in [3.63, 3.8) is 0 Å². The number of nitrogens with one attached hydrogen (secondary N) is 1. The summed E-state index contributed by atoms with van der Waals surface area (Å²) in [6.45, 7) is 2.23. The maximum Gasteiger partial charge on any atom is 0.428 e. The number of halogens is 2. The second-order valence-electron chi connectivity index (χ2n) is 5.16. The summed E-state index contributed by atoms with van der Waals surface area (Å²) in [4.78, 5) is 11.4. The van der Waals surface area contributed by atoms with E-state index in [1.165, 1.54) is 31.5 Å². The number of alkyl halides is 2. The van der Waals surface area contributed by atoms with E-state index in [9.17, 15) is 13.6 Å². The van der Waals surface area contributed by atoms with Gasteiger partial charge in [-0.1, -0.05) is 0 Å². The van der Waals surface area contributed by atoms with Crippen LogP contribution in [-0.4, -0.2) is 31.6 Å². The molecular formula is C14H18F2N2O4. The first kappa shape index (κ1) is 17.7. The number of carbonyl (C=O) groups is 1. The zero-order valence-corrected chi connectivity index (χ0v) is 12.7. The van der Waals surface area contributed by atoms with Gasteiger partial charge in [0.25, 0.3) is 0 Å². The van der Waals surface area contributed by atoms with Crippen molar-refractivity contribution in [1.29, 1.82) is 0 Å². The molecule has 22 heavy (non-hydrogen) atoms. The fraction of sp³-hybridized carbons (Fsp3) is 0.429. The van der Waals surface area contributed by atoms with Crippen molar-refractivity contribution in [3.8, 4) is 11.5 Å². The second kappa shape index (κ2) is 7.58. The molecule has 1 rings (SSSR count). The molecule has 0 saturated heterocycles. The van der Waals surface area contributed by atoms with Crippen molar-refractivity contribution in [1.82, 2.24) is 5.43 Å². The molecule has 0 spiro atoms. The van der Waals surface area contributed by atoms with Gasteiger partial charge < -0.3 is 14.2 Å². The second-order valence-corrected chi connectivity index (χ2v) is 5.16. The first-order valence-corrected chi connectivity index (χ1v) is 6.36. The van der Waals surface area contributed by atoms with Gasteiger partial charge in [-0.05, 0) is 44.5 Å². The van der Waals surface area contributed by atoms with Gasteiger partial charge in [0.05, 0.1) is 13.3 Å². The lowest BCUT2D eigenvalue weighted by Crippen LogP contribution is -2.29. The Balaban J connectivity index is 2.70. The Kier molecular flexibility index (Phi) is 6.09. The average Bonchev–Trinajstić information content (AvgIpc) is 2.37. The molecule has 1 aromatic carbocycles. The van der Waals surface area contributed by atoms with Crippen LogP contribution in [0.4, 0.5) is 13.6 Å². The lowest BCUT2D eigenvalue weighted by Gasteiger charge is -2.18. The van der Waals surface area contributed by atoms with Crippen LogP contribution in [0.15, 0.2) is 23.3 Å². The van der Waals surface area contributed by atoms with Gasteiger partial charge in [0.1, 0.15) is 5.60 Å². The Labute approximate surface area is 127 Å². The SMILES string of the molecule is COc1cc(C=NNC(=O)OC(C)(C)C)ccc1OC(F)F. The predicted octanol–water partition coefficient (Wildman–Crippen LogP) is 3.16. The highest BCUT2D eigenvalue weighted by molar-refractivity contribution is 5.82. The van der Waals surface area contributed by atoms with Crippen molar-refractivity contribution in [2.45, 2.75) is 33.0 Å². The third-order valence-electron chi connectivity index (χ3n) is 2.17. The quantitative estimate of drug-likeness (QED) is 0.669. The fourth-order valence-corrected chi connectivity index (χ4v) is 1.42. The van der Waals surface area contributed by atoms with Gasteiger partial charge >= 0.3 is 12.7 Å². The van der Waals surface area contributed by atoms with Gasteiger partial charge in [-0.2, -0.15) is 13.9 Å². The maximum absolute atomic E-state index is 12.2. The molecule has 122 valence electrons. The third-order valence-corrected chi connectivity index (χ3v) is 2.17. The van der Waals surface area contributed by atoms with E-state index in [1.54, 1.807) is 20.8 Å². The Morgan fingerprint density at radius 2 is 2.00 bits per heavy atom. The first-order valence-electron chi connectivity index (χ1n) is 6.36. The Bertz CT molecular complexity index is 542. The number of methoxy groups -OCH3 is 1. The van der Waals surface area contributed by atoms with Crippen LogP contribution in [0.1, 0.15) is 26.3 Å². The highest BCUT2D eigenvalue weighted by atomic mass is 19.3. The molecule has 0 atom stereocenters. The summed E-state index contributed by atoms with van der Waals surface area (Å²) in [7, 11) is 1.33. The summed E-state index contributed by atoms with van der Waals surface area (Å²) in [5, 5.41) is 3.70. The van der Waals surface area contributed by atoms with E-state index in [0.717, 1.165) is 0 Å². The van der Waals surface area contributed by atoms with Crippen LogP contribution in [0.25, 0.3) is 0 Å². The average molecular weight is 316 g/mol. The Hall–Kier alpha value is -2.38. The number of hydrazone groups is 1. The number of amides is 1. The molecule has 6 nitrogen and oxygen atoms in total. The smallest absolute Gasteiger partial charge is 0.428 e. The summed E-state index contributed by atoms with van der Waals surface area (Å²) in [6.07, 6.45) is 0.617.